The van der Waals surface area contributed by atoms with E-state index in [0.717, 1.165) is 48.3 Å². The maximum Gasteiger partial charge on any atom is 0.138 e. The van der Waals surface area contributed by atoms with Crippen LogP contribution < -0.4 is 15.0 Å². The number of morpholine rings is 1. The lowest BCUT2D eigenvalue weighted by Crippen LogP contribution is -2.36. The van der Waals surface area contributed by atoms with Gasteiger partial charge in [-0.05, 0) is 49.7 Å². The van der Waals surface area contributed by atoms with Gasteiger partial charge in [-0.15, -0.1) is 0 Å². The molecule has 0 bridgehead atoms. The highest BCUT2D eigenvalue weighted by molar-refractivity contribution is 6.33. The van der Waals surface area contributed by atoms with Gasteiger partial charge >= 0.3 is 0 Å². The first-order valence-corrected chi connectivity index (χ1v) is 9.60. The van der Waals surface area contributed by atoms with Gasteiger partial charge in [0.05, 0.1) is 35.1 Å². The average Bonchev–Trinajstić information content (AvgIpc) is 2.62. The summed E-state index contributed by atoms with van der Waals surface area (Å²) in [5, 5.41) is 4.76. The Morgan fingerprint density at radius 2 is 1.85 bits per heavy atom. The molecule has 1 saturated heterocycles. The third kappa shape index (κ3) is 4.97. The Morgan fingerprint density at radius 1 is 1.08 bits per heavy atom. The third-order valence-electron chi connectivity index (χ3n) is 4.16. The van der Waals surface area contributed by atoms with Gasteiger partial charge in [0.25, 0.3) is 0 Å². The quantitative estimate of drug-likeness (QED) is 0.726. The molecule has 0 atom stereocenters. The molecule has 0 radical (unpaired) electrons. The van der Waals surface area contributed by atoms with Crippen LogP contribution in [0.5, 0.6) is 5.75 Å². The number of nitrogens with zero attached hydrogens (tertiary/aromatic N) is 1. The lowest BCUT2D eigenvalue weighted by molar-refractivity contribution is 0.122. The fourth-order valence-corrected chi connectivity index (χ4v) is 3.43. The van der Waals surface area contributed by atoms with Crippen LogP contribution in [-0.2, 0) is 11.3 Å². The van der Waals surface area contributed by atoms with E-state index in [-0.39, 0.29) is 6.10 Å². The molecule has 0 aromatic heterocycles. The number of ether oxygens (including phenoxy) is 2. The van der Waals surface area contributed by atoms with Gasteiger partial charge in [-0.3, -0.25) is 0 Å². The molecule has 1 aliphatic rings. The number of nitrogens with one attached hydrogen (secondary N) is 1. The SMILES string of the molecule is CC(C)Oc1ccc(CNc2ccc(N3CCOCC3)c(Cl)c2)cc1Cl. The molecule has 0 spiro atoms. The van der Waals surface area contributed by atoms with E-state index in [1.165, 1.54) is 0 Å². The fraction of sp³-hybridized carbons (Fsp3) is 0.400. The normalized spacial score (nSPS) is 14.6. The van der Waals surface area contributed by atoms with E-state index in [1.54, 1.807) is 0 Å². The van der Waals surface area contributed by atoms with Crippen molar-refractivity contribution in [3.8, 4) is 5.75 Å². The molecule has 6 heteroatoms. The van der Waals surface area contributed by atoms with E-state index in [1.807, 2.05) is 38.1 Å². The van der Waals surface area contributed by atoms with E-state index in [4.69, 9.17) is 32.7 Å². The van der Waals surface area contributed by atoms with Crippen LogP contribution in [0.3, 0.4) is 0 Å². The van der Waals surface area contributed by atoms with Crippen LogP contribution in [-0.4, -0.2) is 32.4 Å². The smallest absolute Gasteiger partial charge is 0.138 e. The summed E-state index contributed by atoms with van der Waals surface area (Å²) < 4.78 is 11.1. The van der Waals surface area contributed by atoms with Crippen molar-refractivity contribution in [2.75, 3.05) is 36.5 Å². The molecule has 1 fully saturated rings. The molecule has 1 N–H and O–H groups in total. The molecule has 1 heterocycles. The van der Waals surface area contributed by atoms with E-state index in [9.17, 15) is 0 Å². The molecule has 2 aromatic rings. The Morgan fingerprint density at radius 3 is 2.50 bits per heavy atom. The van der Waals surface area contributed by atoms with Crippen molar-refractivity contribution in [3.05, 3.63) is 52.0 Å². The second kappa shape index (κ2) is 8.85. The molecule has 0 saturated carbocycles. The molecule has 0 unspecified atom stereocenters. The zero-order valence-corrected chi connectivity index (χ0v) is 16.6. The molecule has 2 aromatic carbocycles. The molecule has 0 amide bonds. The van der Waals surface area contributed by atoms with E-state index in [0.29, 0.717) is 17.3 Å². The first-order valence-electron chi connectivity index (χ1n) is 8.84. The summed E-state index contributed by atoms with van der Waals surface area (Å²) in [5.41, 5.74) is 3.11. The van der Waals surface area contributed by atoms with Crippen molar-refractivity contribution in [1.29, 1.82) is 0 Å². The molecular weight excluding hydrogens is 371 g/mol. The topological polar surface area (TPSA) is 33.7 Å². The molecule has 0 aliphatic carbocycles. The number of anilines is 2. The predicted octanol–water partition coefficient (Wildman–Crippen LogP) is 5.23. The first-order chi connectivity index (χ1) is 12.5. The van der Waals surface area contributed by atoms with Crippen molar-refractivity contribution < 1.29 is 9.47 Å². The van der Waals surface area contributed by atoms with Crippen molar-refractivity contribution in [2.45, 2.75) is 26.5 Å². The highest BCUT2D eigenvalue weighted by Crippen LogP contribution is 2.30. The summed E-state index contributed by atoms with van der Waals surface area (Å²) in [5.74, 6) is 0.711. The number of hydrogen-bond acceptors (Lipinski definition) is 4. The van der Waals surface area contributed by atoms with Crippen molar-refractivity contribution in [2.24, 2.45) is 0 Å². The summed E-state index contributed by atoms with van der Waals surface area (Å²) in [4.78, 5) is 2.25. The monoisotopic (exact) mass is 394 g/mol. The van der Waals surface area contributed by atoms with Crippen LogP contribution in [0.15, 0.2) is 36.4 Å². The molecule has 4 nitrogen and oxygen atoms in total. The van der Waals surface area contributed by atoms with Crippen LogP contribution in [0.1, 0.15) is 19.4 Å². The fourth-order valence-electron chi connectivity index (χ4n) is 2.89. The van der Waals surface area contributed by atoms with Gasteiger partial charge in [0.1, 0.15) is 5.75 Å². The lowest BCUT2D eigenvalue weighted by Gasteiger charge is -2.29. The minimum absolute atomic E-state index is 0.101. The highest BCUT2D eigenvalue weighted by atomic mass is 35.5. The van der Waals surface area contributed by atoms with Gasteiger partial charge in [0, 0.05) is 25.3 Å². The van der Waals surface area contributed by atoms with Gasteiger partial charge in [-0.2, -0.15) is 0 Å². The van der Waals surface area contributed by atoms with Gasteiger partial charge in [-0.25, -0.2) is 0 Å². The van der Waals surface area contributed by atoms with Gasteiger partial charge in [0.15, 0.2) is 0 Å². The first kappa shape index (κ1) is 19.2. The summed E-state index contributed by atoms with van der Waals surface area (Å²) in [6, 6.07) is 11.9. The Kier molecular flexibility index (Phi) is 6.52. The van der Waals surface area contributed by atoms with Crippen LogP contribution in [0, 0.1) is 0 Å². The molecule has 26 heavy (non-hydrogen) atoms. The zero-order chi connectivity index (χ0) is 18.5. The number of halogens is 2. The van der Waals surface area contributed by atoms with Gasteiger partial charge < -0.3 is 19.7 Å². The summed E-state index contributed by atoms with van der Waals surface area (Å²) in [7, 11) is 0. The van der Waals surface area contributed by atoms with Crippen molar-refractivity contribution in [1.82, 2.24) is 0 Å². The maximum absolute atomic E-state index is 6.48. The number of benzene rings is 2. The third-order valence-corrected chi connectivity index (χ3v) is 4.75. The van der Waals surface area contributed by atoms with E-state index >= 15 is 0 Å². The molecule has 1 aliphatic heterocycles. The van der Waals surface area contributed by atoms with Gasteiger partial charge in [-0.1, -0.05) is 29.3 Å². The van der Waals surface area contributed by atoms with Crippen molar-refractivity contribution in [3.63, 3.8) is 0 Å². The zero-order valence-electron chi connectivity index (χ0n) is 15.1. The summed E-state index contributed by atoms with van der Waals surface area (Å²) in [6.45, 7) is 7.86. The second-order valence-corrected chi connectivity index (χ2v) is 7.36. The van der Waals surface area contributed by atoms with Crippen LogP contribution in [0.2, 0.25) is 10.0 Å². The largest absolute Gasteiger partial charge is 0.489 e. The minimum Gasteiger partial charge on any atom is -0.489 e. The van der Waals surface area contributed by atoms with Crippen LogP contribution in [0.4, 0.5) is 11.4 Å². The summed E-state index contributed by atoms with van der Waals surface area (Å²) in [6.07, 6.45) is 0.101. The van der Waals surface area contributed by atoms with Crippen LogP contribution >= 0.6 is 23.2 Å². The Bertz CT molecular complexity index is 747. The predicted molar refractivity (Wildman–Crippen MR) is 109 cm³/mol. The average molecular weight is 395 g/mol. The van der Waals surface area contributed by atoms with E-state index in [2.05, 4.69) is 22.3 Å². The second-order valence-electron chi connectivity index (χ2n) is 6.55. The molecular formula is C20H24Cl2N2O2. The van der Waals surface area contributed by atoms with Crippen molar-refractivity contribution >= 4 is 34.6 Å². The molecule has 3 rings (SSSR count). The minimum atomic E-state index is 0.101. The summed E-state index contributed by atoms with van der Waals surface area (Å²) >= 11 is 12.8. The maximum atomic E-state index is 6.48. The van der Waals surface area contributed by atoms with Gasteiger partial charge in [0.2, 0.25) is 0 Å². The Labute approximate surface area is 165 Å². The molecule has 140 valence electrons. The number of rotatable bonds is 6. The lowest BCUT2D eigenvalue weighted by atomic mass is 10.2. The Hall–Kier alpha value is -1.62. The highest BCUT2D eigenvalue weighted by Gasteiger charge is 2.14. The van der Waals surface area contributed by atoms with Crippen LogP contribution in [0.25, 0.3) is 0 Å². The van der Waals surface area contributed by atoms with E-state index < -0.39 is 0 Å². The standard InChI is InChI=1S/C20H24Cl2N2O2/c1-14(2)26-20-6-3-15(11-18(20)22)13-23-16-4-5-19(17(21)12-16)24-7-9-25-10-8-24/h3-6,11-12,14,23H,7-10,13H2,1-2H3. The Balaban J connectivity index is 1.62. The number of hydrogen-bond donors (Lipinski definition) is 1.